The molecule has 9 heteroatoms. The number of fused-ring (bicyclic) bond motifs is 1. The van der Waals surface area contributed by atoms with Gasteiger partial charge in [-0.25, -0.2) is 9.79 Å². The number of hydrogen-bond acceptors (Lipinski definition) is 7. The lowest BCUT2D eigenvalue weighted by Gasteiger charge is -2.25. The standard InChI is InChI=1S/C25H23BrN2O5S/c1-13(2)33-24(31)20-14(3)27-25-28(21(20)16-8-6-5-7-9-16)23(30)19(34-25)12-15-10-17(26)22(29)18(11-15)32-4/h5-13,21,29H,1-4H3. The fourth-order valence-corrected chi connectivity index (χ4v) is 5.30. The van der Waals surface area contributed by atoms with Gasteiger partial charge in [0.1, 0.15) is 0 Å². The van der Waals surface area contributed by atoms with Gasteiger partial charge in [-0.15, -0.1) is 0 Å². The number of aromatic nitrogens is 1. The smallest absolute Gasteiger partial charge is 0.338 e. The third kappa shape index (κ3) is 4.45. The summed E-state index contributed by atoms with van der Waals surface area (Å²) in [7, 11) is 1.46. The minimum Gasteiger partial charge on any atom is -0.503 e. The van der Waals surface area contributed by atoms with Crippen LogP contribution in [0.3, 0.4) is 0 Å². The van der Waals surface area contributed by atoms with Crippen molar-refractivity contribution in [3.8, 4) is 11.5 Å². The van der Waals surface area contributed by atoms with Gasteiger partial charge in [0.25, 0.3) is 5.56 Å². The molecule has 34 heavy (non-hydrogen) atoms. The van der Waals surface area contributed by atoms with Crippen molar-refractivity contribution in [3.05, 3.63) is 89.0 Å². The first-order valence-corrected chi connectivity index (χ1v) is 12.2. The van der Waals surface area contributed by atoms with Crippen molar-refractivity contribution >= 4 is 39.3 Å². The largest absolute Gasteiger partial charge is 0.503 e. The molecule has 0 amide bonds. The van der Waals surface area contributed by atoms with Crippen LogP contribution < -0.4 is 19.6 Å². The Morgan fingerprint density at radius 2 is 1.97 bits per heavy atom. The number of methoxy groups -OCH3 is 1. The van der Waals surface area contributed by atoms with E-state index in [1.54, 1.807) is 43.5 Å². The SMILES string of the molecule is COc1cc(C=c2sc3n(c2=O)C(c2ccccc2)C(C(=O)OC(C)C)=C(C)N=3)cc(Br)c1O. The van der Waals surface area contributed by atoms with Gasteiger partial charge in [-0.3, -0.25) is 9.36 Å². The van der Waals surface area contributed by atoms with Crippen LogP contribution in [0.1, 0.15) is 37.9 Å². The fourth-order valence-electron chi connectivity index (χ4n) is 3.80. The molecule has 0 aliphatic carbocycles. The summed E-state index contributed by atoms with van der Waals surface area (Å²) in [5.74, 6) is -0.231. The van der Waals surface area contributed by atoms with E-state index in [0.29, 0.717) is 30.6 Å². The van der Waals surface area contributed by atoms with Crippen LogP contribution in [0, 0.1) is 0 Å². The number of thiazole rings is 1. The number of hydrogen-bond donors (Lipinski definition) is 1. The molecule has 1 unspecified atom stereocenters. The molecule has 0 saturated carbocycles. The van der Waals surface area contributed by atoms with Gasteiger partial charge in [-0.05, 0) is 66.0 Å². The third-order valence-corrected chi connectivity index (χ3v) is 6.86. The fraction of sp³-hybridized carbons (Fsp3) is 0.240. The Balaban J connectivity index is 1.94. The van der Waals surface area contributed by atoms with Gasteiger partial charge in [0.05, 0.1) is 39.5 Å². The van der Waals surface area contributed by atoms with Gasteiger partial charge in [-0.1, -0.05) is 41.7 Å². The predicted octanol–water partition coefficient (Wildman–Crippen LogP) is 3.66. The highest BCUT2D eigenvalue weighted by Crippen LogP contribution is 2.35. The topological polar surface area (TPSA) is 90.1 Å². The molecular formula is C25H23BrN2O5S. The molecule has 0 radical (unpaired) electrons. The number of esters is 1. The van der Waals surface area contributed by atoms with Gasteiger partial charge in [0, 0.05) is 0 Å². The van der Waals surface area contributed by atoms with Gasteiger partial charge in [0.2, 0.25) is 0 Å². The van der Waals surface area contributed by atoms with Crippen molar-refractivity contribution in [1.82, 2.24) is 4.57 Å². The Labute approximate surface area is 208 Å². The van der Waals surface area contributed by atoms with Crippen LogP contribution in [0.5, 0.6) is 11.5 Å². The number of carbonyl (C=O) groups excluding carboxylic acids is 1. The maximum atomic E-state index is 13.6. The Kier molecular flexibility index (Phi) is 6.77. The first-order chi connectivity index (χ1) is 16.2. The zero-order valence-corrected chi connectivity index (χ0v) is 21.4. The van der Waals surface area contributed by atoms with Gasteiger partial charge in [0.15, 0.2) is 16.3 Å². The summed E-state index contributed by atoms with van der Waals surface area (Å²) < 4.78 is 13.1. The molecule has 2 aromatic carbocycles. The molecule has 1 N–H and O–H groups in total. The average Bonchev–Trinajstić information content (AvgIpc) is 3.09. The van der Waals surface area contributed by atoms with Crippen molar-refractivity contribution in [3.63, 3.8) is 0 Å². The minimum atomic E-state index is -0.660. The molecule has 0 bridgehead atoms. The van der Waals surface area contributed by atoms with Crippen LogP contribution in [0.15, 0.2) is 68.0 Å². The van der Waals surface area contributed by atoms with E-state index in [1.807, 2.05) is 30.3 Å². The molecule has 7 nitrogen and oxygen atoms in total. The Morgan fingerprint density at radius 1 is 1.26 bits per heavy atom. The number of halogens is 1. The molecule has 2 heterocycles. The summed E-state index contributed by atoms with van der Waals surface area (Å²) in [6.07, 6.45) is 1.40. The first-order valence-electron chi connectivity index (χ1n) is 10.6. The number of aromatic hydroxyl groups is 1. The second kappa shape index (κ2) is 9.60. The summed E-state index contributed by atoms with van der Waals surface area (Å²) in [5, 5.41) is 10.1. The highest BCUT2D eigenvalue weighted by Gasteiger charge is 2.33. The van der Waals surface area contributed by atoms with Crippen molar-refractivity contribution in [2.45, 2.75) is 32.9 Å². The summed E-state index contributed by atoms with van der Waals surface area (Å²) >= 11 is 4.54. The normalized spacial score (nSPS) is 15.8. The predicted molar refractivity (Wildman–Crippen MR) is 134 cm³/mol. The van der Waals surface area contributed by atoms with Crippen LogP contribution in [0.25, 0.3) is 6.08 Å². The highest BCUT2D eigenvalue weighted by atomic mass is 79.9. The van der Waals surface area contributed by atoms with E-state index in [0.717, 1.165) is 5.56 Å². The lowest BCUT2D eigenvalue weighted by atomic mass is 9.96. The maximum Gasteiger partial charge on any atom is 0.338 e. The molecule has 3 aromatic rings. The molecule has 4 rings (SSSR count). The molecule has 0 saturated heterocycles. The van der Waals surface area contributed by atoms with Gasteiger partial charge < -0.3 is 14.6 Å². The summed E-state index contributed by atoms with van der Waals surface area (Å²) in [6, 6.07) is 12.1. The molecule has 176 valence electrons. The summed E-state index contributed by atoms with van der Waals surface area (Å²) in [6.45, 7) is 5.32. The van der Waals surface area contributed by atoms with Crippen molar-refractivity contribution < 1.29 is 19.4 Å². The Bertz CT molecular complexity index is 1470. The zero-order chi connectivity index (χ0) is 24.6. The lowest BCUT2D eigenvalue weighted by Crippen LogP contribution is -2.40. The van der Waals surface area contributed by atoms with Gasteiger partial charge >= 0.3 is 5.97 Å². The number of carbonyl (C=O) groups is 1. The van der Waals surface area contributed by atoms with E-state index in [-0.39, 0.29) is 23.2 Å². The minimum absolute atomic E-state index is 0.0193. The Morgan fingerprint density at radius 3 is 2.62 bits per heavy atom. The maximum absolute atomic E-state index is 13.6. The van der Waals surface area contributed by atoms with E-state index in [1.165, 1.54) is 18.4 Å². The Hall–Kier alpha value is -3.17. The van der Waals surface area contributed by atoms with E-state index < -0.39 is 12.0 Å². The van der Waals surface area contributed by atoms with Crippen LogP contribution >= 0.6 is 27.3 Å². The van der Waals surface area contributed by atoms with E-state index in [9.17, 15) is 14.7 Å². The van der Waals surface area contributed by atoms with Crippen LogP contribution in [-0.2, 0) is 9.53 Å². The molecular weight excluding hydrogens is 520 g/mol. The van der Waals surface area contributed by atoms with Crippen molar-refractivity contribution in [2.24, 2.45) is 4.99 Å². The van der Waals surface area contributed by atoms with E-state index in [2.05, 4.69) is 20.9 Å². The number of benzene rings is 2. The third-order valence-electron chi connectivity index (χ3n) is 5.27. The molecule has 1 atom stereocenters. The first kappa shape index (κ1) is 24.0. The van der Waals surface area contributed by atoms with Crippen LogP contribution in [0.2, 0.25) is 0 Å². The lowest BCUT2D eigenvalue weighted by molar-refractivity contribution is -0.143. The highest BCUT2D eigenvalue weighted by molar-refractivity contribution is 9.10. The number of allylic oxidation sites excluding steroid dienone is 1. The number of phenols is 1. The van der Waals surface area contributed by atoms with Crippen molar-refractivity contribution in [1.29, 1.82) is 0 Å². The quantitative estimate of drug-likeness (QED) is 0.497. The number of nitrogens with zero attached hydrogens (tertiary/aromatic N) is 2. The van der Waals surface area contributed by atoms with Crippen molar-refractivity contribution in [2.75, 3.05) is 7.11 Å². The summed E-state index contributed by atoms with van der Waals surface area (Å²) in [5.41, 5.74) is 2.03. The second-order valence-corrected chi connectivity index (χ2v) is 9.86. The zero-order valence-electron chi connectivity index (χ0n) is 19.0. The summed E-state index contributed by atoms with van der Waals surface area (Å²) in [4.78, 5) is 31.8. The van der Waals surface area contributed by atoms with E-state index in [4.69, 9.17) is 9.47 Å². The number of ether oxygens (including phenoxy) is 2. The number of phenolic OH excluding ortho intramolecular Hbond substituents is 1. The molecule has 0 spiro atoms. The second-order valence-electron chi connectivity index (χ2n) is 8.00. The van der Waals surface area contributed by atoms with E-state index >= 15 is 0 Å². The number of rotatable bonds is 5. The van der Waals surface area contributed by atoms with Gasteiger partial charge in [-0.2, -0.15) is 0 Å². The molecule has 1 aliphatic rings. The monoisotopic (exact) mass is 542 g/mol. The van der Waals surface area contributed by atoms with Crippen LogP contribution in [-0.4, -0.2) is 28.9 Å². The molecule has 1 aliphatic heterocycles. The average molecular weight is 543 g/mol. The van der Waals surface area contributed by atoms with Crippen LogP contribution in [0.4, 0.5) is 0 Å². The molecule has 1 aromatic heterocycles. The molecule has 0 fully saturated rings.